The molecule has 0 bridgehead atoms. The van der Waals surface area contributed by atoms with Crippen LogP contribution in [0.5, 0.6) is 0 Å². The lowest BCUT2D eigenvalue weighted by atomic mass is 10.00. The van der Waals surface area contributed by atoms with E-state index in [0.717, 1.165) is 38.8 Å². The maximum absolute atomic E-state index is 5.55. The Morgan fingerprint density at radius 3 is 2.50 bits per heavy atom. The van der Waals surface area contributed by atoms with Gasteiger partial charge in [-0.25, -0.2) is 0 Å². The van der Waals surface area contributed by atoms with Crippen molar-refractivity contribution in [3.8, 4) is 0 Å². The van der Waals surface area contributed by atoms with E-state index in [1.165, 1.54) is 0 Å². The fraction of sp³-hybridized carbons (Fsp3) is 1.00. The molecule has 0 aromatic heterocycles. The van der Waals surface area contributed by atoms with E-state index < -0.39 is 0 Å². The van der Waals surface area contributed by atoms with Gasteiger partial charge in [-0.1, -0.05) is 13.8 Å². The van der Waals surface area contributed by atoms with Gasteiger partial charge >= 0.3 is 0 Å². The first-order valence-electron chi connectivity index (χ1n) is 6.48. The third-order valence-electron chi connectivity index (χ3n) is 3.23. The molecule has 0 aromatic carbocycles. The Morgan fingerprint density at radius 1 is 1.25 bits per heavy atom. The molecule has 96 valence electrons. The molecule has 0 saturated carbocycles. The maximum Gasteiger partial charge on any atom is 0.0645 e. The second kappa shape index (κ2) is 5.99. The van der Waals surface area contributed by atoms with Crippen LogP contribution in [0.25, 0.3) is 0 Å². The molecule has 0 aliphatic carbocycles. The summed E-state index contributed by atoms with van der Waals surface area (Å²) in [4.78, 5) is 2.56. The van der Waals surface area contributed by atoms with Crippen LogP contribution in [0, 0.1) is 5.92 Å². The molecule has 1 rings (SSSR count). The zero-order chi connectivity index (χ0) is 12.2. The van der Waals surface area contributed by atoms with Crippen molar-refractivity contribution in [2.75, 3.05) is 32.8 Å². The zero-order valence-electron chi connectivity index (χ0n) is 11.5. The average Bonchev–Trinajstić information content (AvgIpc) is 2.16. The summed E-state index contributed by atoms with van der Waals surface area (Å²) in [5.74, 6) is 0.727. The summed E-state index contributed by atoms with van der Waals surface area (Å²) in [6, 6.07) is 0.581. The van der Waals surface area contributed by atoms with E-state index in [2.05, 4.69) is 44.8 Å². The van der Waals surface area contributed by atoms with Gasteiger partial charge < -0.3 is 10.1 Å². The van der Waals surface area contributed by atoms with E-state index in [9.17, 15) is 0 Å². The number of nitrogens with zero attached hydrogens (tertiary/aromatic N) is 1. The van der Waals surface area contributed by atoms with Crippen molar-refractivity contribution in [1.29, 1.82) is 0 Å². The molecule has 1 unspecified atom stereocenters. The monoisotopic (exact) mass is 228 g/mol. The third-order valence-corrected chi connectivity index (χ3v) is 3.23. The lowest BCUT2D eigenvalue weighted by molar-refractivity contribution is -0.0682. The second-order valence-electron chi connectivity index (χ2n) is 5.96. The van der Waals surface area contributed by atoms with Gasteiger partial charge in [0.25, 0.3) is 0 Å². The molecule has 1 N–H and O–H groups in total. The summed E-state index contributed by atoms with van der Waals surface area (Å²) in [5.41, 5.74) is 0.178. The molecular weight excluding hydrogens is 200 g/mol. The second-order valence-corrected chi connectivity index (χ2v) is 5.96. The van der Waals surface area contributed by atoms with Gasteiger partial charge in [0.15, 0.2) is 0 Å². The highest BCUT2D eigenvalue weighted by molar-refractivity contribution is 4.88. The summed E-state index contributed by atoms with van der Waals surface area (Å²) in [5, 5.41) is 3.54. The lowest BCUT2D eigenvalue weighted by Crippen LogP contribution is -2.58. The van der Waals surface area contributed by atoms with Crippen LogP contribution in [-0.2, 0) is 4.74 Å². The quantitative estimate of drug-likeness (QED) is 0.775. The molecular formula is C13H28N2O. The van der Waals surface area contributed by atoms with Crippen LogP contribution in [-0.4, -0.2) is 49.3 Å². The van der Waals surface area contributed by atoms with Gasteiger partial charge in [-0.3, -0.25) is 4.90 Å². The van der Waals surface area contributed by atoms with Gasteiger partial charge in [-0.05, 0) is 33.2 Å². The summed E-state index contributed by atoms with van der Waals surface area (Å²) in [6.45, 7) is 16.3. The van der Waals surface area contributed by atoms with Crippen LogP contribution in [0.15, 0.2) is 0 Å². The van der Waals surface area contributed by atoms with Gasteiger partial charge in [0.2, 0.25) is 0 Å². The summed E-state index contributed by atoms with van der Waals surface area (Å²) in [7, 11) is 0. The molecule has 3 nitrogen and oxygen atoms in total. The van der Waals surface area contributed by atoms with Crippen LogP contribution < -0.4 is 5.32 Å². The van der Waals surface area contributed by atoms with Crippen LogP contribution in [0.4, 0.5) is 0 Å². The van der Waals surface area contributed by atoms with Gasteiger partial charge in [0.1, 0.15) is 0 Å². The first-order valence-corrected chi connectivity index (χ1v) is 6.48. The molecule has 0 radical (unpaired) electrons. The van der Waals surface area contributed by atoms with Crippen molar-refractivity contribution >= 4 is 0 Å². The van der Waals surface area contributed by atoms with Crippen LogP contribution >= 0.6 is 0 Å². The lowest BCUT2D eigenvalue weighted by Gasteiger charge is -2.45. The fourth-order valence-electron chi connectivity index (χ4n) is 2.38. The molecule has 3 heteroatoms. The zero-order valence-corrected chi connectivity index (χ0v) is 11.5. The Hall–Kier alpha value is -0.120. The molecule has 16 heavy (non-hydrogen) atoms. The van der Waals surface area contributed by atoms with Crippen molar-refractivity contribution < 1.29 is 4.74 Å². The minimum absolute atomic E-state index is 0.178. The smallest absolute Gasteiger partial charge is 0.0645 e. The molecule has 1 fully saturated rings. The van der Waals surface area contributed by atoms with Crippen LogP contribution in [0.3, 0.4) is 0 Å². The molecule has 0 amide bonds. The van der Waals surface area contributed by atoms with Crippen molar-refractivity contribution in [3.05, 3.63) is 0 Å². The number of rotatable bonds is 5. The first-order chi connectivity index (χ1) is 7.43. The molecule has 1 aliphatic heterocycles. The number of hydrogen-bond donors (Lipinski definition) is 1. The van der Waals surface area contributed by atoms with E-state index >= 15 is 0 Å². The SMILES string of the molecule is CC(C)CNCC(C)N1CCOCC1(C)C. The van der Waals surface area contributed by atoms with Gasteiger partial charge in [0.05, 0.1) is 13.2 Å². The highest BCUT2D eigenvalue weighted by atomic mass is 16.5. The van der Waals surface area contributed by atoms with Gasteiger partial charge in [-0.2, -0.15) is 0 Å². The van der Waals surface area contributed by atoms with Crippen molar-refractivity contribution in [2.24, 2.45) is 5.92 Å². The average molecular weight is 228 g/mol. The molecule has 1 heterocycles. The standard InChI is InChI=1S/C13H28N2O/c1-11(2)8-14-9-12(3)15-6-7-16-10-13(15,4)5/h11-12,14H,6-10H2,1-5H3. The minimum Gasteiger partial charge on any atom is -0.378 e. The van der Waals surface area contributed by atoms with Crippen molar-refractivity contribution in [3.63, 3.8) is 0 Å². The Labute approximate surface area is 101 Å². The summed E-state index contributed by atoms with van der Waals surface area (Å²) >= 11 is 0. The Balaban J connectivity index is 2.36. The largest absolute Gasteiger partial charge is 0.378 e. The predicted octanol–water partition coefficient (Wildman–Crippen LogP) is 1.73. The molecule has 1 aliphatic rings. The summed E-state index contributed by atoms with van der Waals surface area (Å²) < 4.78 is 5.55. The first kappa shape index (κ1) is 13.9. The van der Waals surface area contributed by atoms with Crippen molar-refractivity contribution in [2.45, 2.75) is 46.2 Å². The van der Waals surface area contributed by atoms with E-state index in [0.29, 0.717) is 6.04 Å². The Morgan fingerprint density at radius 2 is 1.94 bits per heavy atom. The highest BCUT2D eigenvalue weighted by Crippen LogP contribution is 2.21. The van der Waals surface area contributed by atoms with Crippen LogP contribution in [0.2, 0.25) is 0 Å². The minimum atomic E-state index is 0.178. The van der Waals surface area contributed by atoms with E-state index in [1.807, 2.05) is 0 Å². The van der Waals surface area contributed by atoms with Gasteiger partial charge in [-0.15, -0.1) is 0 Å². The number of ether oxygens (including phenoxy) is 1. The van der Waals surface area contributed by atoms with Crippen LogP contribution in [0.1, 0.15) is 34.6 Å². The highest BCUT2D eigenvalue weighted by Gasteiger charge is 2.33. The maximum atomic E-state index is 5.55. The number of morpholine rings is 1. The topological polar surface area (TPSA) is 24.5 Å². The molecule has 0 spiro atoms. The van der Waals surface area contributed by atoms with Crippen molar-refractivity contribution in [1.82, 2.24) is 10.2 Å². The van der Waals surface area contributed by atoms with E-state index in [4.69, 9.17) is 4.74 Å². The predicted molar refractivity (Wildman–Crippen MR) is 68.8 cm³/mol. The van der Waals surface area contributed by atoms with Gasteiger partial charge in [0, 0.05) is 24.7 Å². The molecule has 1 atom stereocenters. The molecule has 0 aromatic rings. The van der Waals surface area contributed by atoms with E-state index in [1.54, 1.807) is 0 Å². The fourth-order valence-corrected chi connectivity index (χ4v) is 2.38. The Bertz CT molecular complexity index is 204. The molecule has 1 saturated heterocycles. The number of nitrogens with one attached hydrogen (secondary N) is 1. The third kappa shape index (κ3) is 4.04. The Kier molecular flexibility index (Phi) is 5.22. The van der Waals surface area contributed by atoms with E-state index in [-0.39, 0.29) is 5.54 Å². The number of hydrogen-bond acceptors (Lipinski definition) is 3. The normalized spacial score (nSPS) is 23.6. The summed E-state index contributed by atoms with van der Waals surface area (Å²) in [6.07, 6.45) is 0.